The van der Waals surface area contributed by atoms with Gasteiger partial charge in [-0.3, -0.25) is 14.6 Å². The molecule has 1 aromatic heterocycles. The average Bonchev–Trinajstić information content (AvgIpc) is 3.49. The molecule has 0 aliphatic carbocycles. The molecule has 2 aliphatic rings. The van der Waals surface area contributed by atoms with E-state index in [1.165, 1.54) is 16.8 Å². The van der Waals surface area contributed by atoms with E-state index in [1.54, 1.807) is 18.4 Å². The summed E-state index contributed by atoms with van der Waals surface area (Å²) in [7, 11) is 3.68. The zero-order valence-corrected chi connectivity index (χ0v) is 25.2. The summed E-state index contributed by atoms with van der Waals surface area (Å²) in [5, 5.41) is 4.98. The van der Waals surface area contributed by atoms with E-state index in [4.69, 9.17) is 16.3 Å². The Morgan fingerprint density at radius 2 is 1.88 bits per heavy atom. The molecule has 214 valence electrons. The largest absolute Gasteiger partial charge is 0.495 e. The van der Waals surface area contributed by atoms with Crippen molar-refractivity contribution in [2.24, 2.45) is 5.92 Å². The number of piperazine rings is 1. The van der Waals surface area contributed by atoms with E-state index in [0.29, 0.717) is 24.9 Å². The zero-order chi connectivity index (χ0) is 27.9. The van der Waals surface area contributed by atoms with Gasteiger partial charge in [-0.25, -0.2) is 0 Å². The first-order valence-electron chi connectivity index (χ1n) is 14.3. The molecule has 0 spiro atoms. The van der Waals surface area contributed by atoms with Gasteiger partial charge in [-0.15, -0.1) is 0 Å². The maximum absolute atomic E-state index is 13.1. The third-order valence-electron chi connectivity index (χ3n) is 8.44. The van der Waals surface area contributed by atoms with Crippen molar-refractivity contribution in [3.05, 3.63) is 81.5 Å². The van der Waals surface area contributed by atoms with Crippen molar-refractivity contribution in [1.29, 1.82) is 0 Å². The van der Waals surface area contributed by atoms with E-state index in [1.807, 2.05) is 36.2 Å². The molecule has 6 nitrogen and oxygen atoms in total. The molecule has 8 heteroatoms. The first-order valence-corrected chi connectivity index (χ1v) is 15.7. The fraction of sp³-hybridized carbons (Fsp3) is 0.469. The number of para-hydroxylation sites is 2. The Hall–Kier alpha value is -2.58. The van der Waals surface area contributed by atoms with Gasteiger partial charge < -0.3 is 14.5 Å². The third-order valence-corrected chi connectivity index (χ3v) is 9.40. The molecule has 40 heavy (non-hydrogen) atoms. The molecule has 3 aromatic rings. The van der Waals surface area contributed by atoms with Crippen LogP contribution in [-0.2, 0) is 17.9 Å². The van der Waals surface area contributed by atoms with Crippen LogP contribution in [0.3, 0.4) is 0 Å². The number of methoxy groups -OCH3 is 1. The number of piperidine rings is 1. The number of carbonyl (C=O) groups is 1. The minimum Gasteiger partial charge on any atom is -0.495 e. The van der Waals surface area contributed by atoms with Gasteiger partial charge >= 0.3 is 0 Å². The van der Waals surface area contributed by atoms with Crippen molar-refractivity contribution in [2.75, 3.05) is 58.3 Å². The molecule has 2 aliphatic heterocycles. The smallest absolute Gasteiger partial charge is 0.222 e. The zero-order valence-electron chi connectivity index (χ0n) is 23.7. The Balaban J connectivity index is 1.23. The quantitative estimate of drug-likeness (QED) is 0.300. The van der Waals surface area contributed by atoms with Crippen molar-refractivity contribution in [3.63, 3.8) is 0 Å². The van der Waals surface area contributed by atoms with Gasteiger partial charge in [0.15, 0.2) is 0 Å². The first-order chi connectivity index (χ1) is 19.5. The summed E-state index contributed by atoms with van der Waals surface area (Å²) >= 11 is 7.96. The summed E-state index contributed by atoms with van der Waals surface area (Å²) in [6.45, 7) is 7.67. The Bertz CT molecular complexity index is 1230. The van der Waals surface area contributed by atoms with Crippen molar-refractivity contribution < 1.29 is 9.53 Å². The van der Waals surface area contributed by atoms with E-state index < -0.39 is 0 Å². The summed E-state index contributed by atoms with van der Waals surface area (Å²) in [5.74, 6) is 1.62. The number of anilines is 1. The van der Waals surface area contributed by atoms with Crippen LogP contribution in [0.4, 0.5) is 5.69 Å². The molecule has 0 radical (unpaired) electrons. The van der Waals surface area contributed by atoms with Crippen LogP contribution in [0.2, 0.25) is 5.02 Å². The fourth-order valence-electron chi connectivity index (χ4n) is 6.33. The number of amides is 1. The van der Waals surface area contributed by atoms with Gasteiger partial charge in [0.2, 0.25) is 5.91 Å². The Kier molecular flexibility index (Phi) is 10.0. The highest BCUT2D eigenvalue weighted by molar-refractivity contribution is 7.07. The highest BCUT2D eigenvalue weighted by atomic mass is 35.5. The van der Waals surface area contributed by atoms with Crippen LogP contribution in [-0.4, -0.2) is 80.1 Å². The molecule has 2 fully saturated rings. The molecule has 5 rings (SSSR count). The number of likely N-dealkylation sites (tertiary alicyclic amines) is 1. The van der Waals surface area contributed by atoms with Crippen LogP contribution in [0.25, 0.3) is 0 Å². The number of thiophene rings is 1. The Labute approximate surface area is 248 Å². The number of benzene rings is 2. The van der Waals surface area contributed by atoms with Crippen LogP contribution in [0.15, 0.2) is 65.4 Å². The second-order valence-corrected chi connectivity index (χ2v) is 12.3. The van der Waals surface area contributed by atoms with E-state index in [9.17, 15) is 4.79 Å². The summed E-state index contributed by atoms with van der Waals surface area (Å²) in [5.41, 5.74) is 3.63. The number of ether oxygens (including phenoxy) is 1. The minimum atomic E-state index is 0.234. The predicted octanol–water partition coefficient (Wildman–Crippen LogP) is 5.86. The highest BCUT2D eigenvalue weighted by Crippen LogP contribution is 2.32. The number of carbonyl (C=O) groups excluding carboxylic acids is 1. The lowest BCUT2D eigenvalue weighted by Gasteiger charge is -2.47. The van der Waals surface area contributed by atoms with Crippen LogP contribution < -0.4 is 9.64 Å². The molecular formula is C32H41ClN4O2S. The van der Waals surface area contributed by atoms with Gasteiger partial charge in [0.1, 0.15) is 5.75 Å². The lowest BCUT2D eigenvalue weighted by atomic mass is 9.86. The van der Waals surface area contributed by atoms with Crippen molar-refractivity contribution in [1.82, 2.24) is 14.7 Å². The fourth-order valence-corrected chi connectivity index (χ4v) is 7.20. The summed E-state index contributed by atoms with van der Waals surface area (Å²) < 4.78 is 5.63. The number of hydrogen-bond donors (Lipinski definition) is 0. The molecule has 0 bridgehead atoms. The summed E-state index contributed by atoms with van der Waals surface area (Å²) in [4.78, 5) is 22.7. The molecule has 0 saturated carbocycles. The topological polar surface area (TPSA) is 39.3 Å². The minimum absolute atomic E-state index is 0.234. The van der Waals surface area contributed by atoms with E-state index in [2.05, 4.69) is 55.8 Å². The van der Waals surface area contributed by atoms with Gasteiger partial charge in [0, 0.05) is 70.3 Å². The van der Waals surface area contributed by atoms with Crippen molar-refractivity contribution in [3.8, 4) is 5.75 Å². The van der Waals surface area contributed by atoms with Crippen molar-refractivity contribution in [2.45, 2.75) is 38.4 Å². The predicted molar refractivity (Wildman–Crippen MR) is 165 cm³/mol. The SMILES string of the molecule is COc1ccccc1N1CCN([C@@H]2CCN(Cc3cccc(Cl)c3)C[C@@H]2CCC(=O)N(C)Cc2ccsc2)CC1. The molecule has 2 aromatic carbocycles. The number of hydrogen-bond acceptors (Lipinski definition) is 6. The Morgan fingerprint density at radius 1 is 1.05 bits per heavy atom. The molecule has 0 N–H and O–H groups in total. The van der Waals surface area contributed by atoms with Gasteiger partial charge in [-0.05, 0) is 77.5 Å². The van der Waals surface area contributed by atoms with Crippen molar-refractivity contribution >= 4 is 34.5 Å². The third kappa shape index (κ3) is 7.38. The number of rotatable bonds is 10. The molecular weight excluding hydrogens is 540 g/mol. The second-order valence-electron chi connectivity index (χ2n) is 11.1. The molecule has 0 unspecified atom stereocenters. The van der Waals surface area contributed by atoms with Gasteiger partial charge in [-0.1, -0.05) is 35.9 Å². The molecule has 1 amide bonds. The standard InChI is InChI=1S/C32H41ClN4O2S/c1-34(21-26-13-19-40-24-26)32(38)11-10-27-23-35(22-25-6-5-7-28(33)20-25)14-12-29(27)36-15-17-37(18-16-36)30-8-3-4-9-31(30)39-2/h3-9,13,19-20,24,27,29H,10-12,14-18,21-23H2,1-2H3/t27-,29+/m0/s1. The second kappa shape index (κ2) is 13.9. The monoisotopic (exact) mass is 580 g/mol. The maximum Gasteiger partial charge on any atom is 0.222 e. The maximum atomic E-state index is 13.1. The number of nitrogens with zero attached hydrogens (tertiary/aromatic N) is 4. The van der Waals surface area contributed by atoms with E-state index in [-0.39, 0.29) is 5.91 Å². The first kappa shape index (κ1) is 28.9. The average molecular weight is 581 g/mol. The molecule has 2 saturated heterocycles. The summed E-state index contributed by atoms with van der Waals surface area (Å²) in [6.07, 6.45) is 2.63. The van der Waals surface area contributed by atoms with Gasteiger partial charge in [0.25, 0.3) is 0 Å². The number of halogens is 1. The van der Waals surface area contributed by atoms with Crippen LogP contribution >= 0.6 is 22.9 Å². The van der Waals surface area contributed by atoms with Gasteiger partial charge in [0.05, 0.1) is 12.8 Å². The highest BCUT2D eigenvalue weighted by Gasteiger charge is 2.35. The lowest BCUT2D eigenvalue weighted by molar-refractivity contribution is -0.131. The summed E-state index contributed by atoms with van der Waals surface area (Å²) in [6, 6.07) is 19.1. The molecule has 3 heterocycles. The van der Waals surface area contributed by atoms with Crippen LogP contribution in [0.1, 0.15) is 30.4 Å². The normalized spacial score (nSPS) is 20.4. The van der Waals surface area contributed by atoms with E-state index >= 15 is 0 Å². The van der Waals surface area contributed by atoms with Crippen LogP contribution in [0, 0.1) is 5.92 Å². The Morgan fingerprint density at radius 3 is 2.62 bits per heavy atom. The lowest BCUT2D eigenvalue weighted by Crippen LogP contribution is -2.56. The molecule has 2 atom stereocenters. The van der Waals surface area contributed by atoms with Gasteiger partial charge in [-0.2, -0.15) is 11.3 Å². The van der Waals surface area contributed by atoms with E-state index in [0.717, 1.165) is 69.4 Å². The van der Waals surface area contributed by atoms with Crippen LogP contribution in [0.5, 0.6) is 5.75 Å².